The van der Waals surface area contributed by atoms with E-state index in [2.05, 4.69) is 6.58 Å². The standard InChI is InChI=1S/C15H20O5/c1-8(2)14(16)19-7-18-13-10-3-9-4-11(6-10)15(17)20-12(13)5-9/h9-13H,1,3-7H2,2H3. The van der Waals surface area contributed by atoms with E-state index in [1.165, 1.54) is 0 Å². The van der Waals surface area contributed by atoms with Crippen LogP contribution in [-0.4, -0.2) is 30.9 Å². The maximum absolute atomic E-state index is 11.9. The SMILES string of the molecule is C=C(C)C(=O)OCOC1C2CC3CC(C2)C(=O)OC1C3. The highest BCUT2D eigenvalue weighted by Gasteiger charge is 2.50. The van der Waals surface area contributed by atoms with Crippen LogP contribution in [-0.2, 0) is 23.8 Å². The van der Waals surface area contributed by atoms with E-state index < -0.39 is 5.97 Å². The second kappa shape index (κ2) is 5.20. The third-order valence-corrected chi connectivity index (χ3v) is 4.64. The van der Waals surface area contributed by atoms with Gasteiger partial charge in [-0.15, -0.1) is 0 Å². The van der Waals surface area contributed by atoms with Gasteiger partial charge in [-0.1, -0.05) is 6.58 Å². The average molecular weight is 280 g/mol. The van der Waals surface area contributed by atoms with Crippen LogP contribution in [0.15, 0.2) is 12.2 Å². The highest BCUT2D eigenvalue weighted by atomic mass is 16.7. The van der Waals surface area contributed by atoms with Crippen LogP contribution in [0.2, 0.25) is 0 Å². The van der Waals surface area contributed by atoms with Crippen LogP contribution in [0, 0.1) is 17.8 Å². The molecule has 2 saturated carbocycles. The molecule has 110 valence electrons. The molecule has 2 aliphatic carbocycles. The van der Waals surface area contributed by atoms with Crippen LogP contribution in [0.3, 0.4) is 0 Å². The van der Waals surface area contributed by atoms with Gasteiger partial charge in [-0.3, -0.25) is 4.79 Å². The van der Waals surface area contributed by atoms with Crippen LogP contribution >= 0.6 is 0 Å². The predicted molar refractivity (Wildman–Crippen MR) is 69.5 cm³/mol. The molecule has 4 aliphatic rings. The minimum atomic E-state index is -0.455. The number of carbonyl (C=O) groups is 2. The molecule has 4 bridgehead atoms. The van der Waals surface area contributed by atoms with E-state index in [-0.39, 0.29) is 30.9 Å². The van der Waals surface area contributed by atoms with Crippen molar-refractivity contribution in [3.05, 3.63) is 12.2 Å². The van der Waals surface area contributed by atoms with E-state index in [9.17, 15) is 9.59 Å². The number of carbonyl (C=O) groups excluding carboxylic acids is 2. The second-order valence-electron chi connectivity index (χ2n) is 6.20. The maximum atomic E-state index is 11.9. The quantitative estimate of drug-likeness (QED) is 0.446. The molecule has 0 aromatic heterocycles. The van der Waals surface area contributed by atoms with Crippen molar-refractivity contribution in [2.24, 2.45) is 17.8 Å². The van der Waals surface area contributed by atoms with Gasteiger partial charge in [0.2, 0.25) is 0 Å². The Morgan fingerprint density at radius 3 is 2.90 bits per heavy atom. The Morgan fingerprint density at radius 1 is 1.35 bits per heavy atom. The van der Waals surface area contributed by atoms with Gasteiger partial charge >= 0.3 is 11.9 Å². The van der Waals surface area contributed by atoms with Gasteiger partial charge in [0.15, 0.2) is 6.79 Å². The van der Waals surface area contributed by atoms with Gasteiger partial charge in [-0.2, -0.15) is 0 Å². The fourth-order valence-corrected chi connectivity index (χ4v) is 3.80. The third kappa shape index (κ3) is 2.46. The predicted octanol–water partition coefficient (Wildman–Crippen LogP) is 1.81. The molecule has 0 radical (unpaired) electrons. The summed E-state index contributed by atoms with van der Waals surface area (Å²) in [5.74, 6) is 0.423. The Morgan fingerprint density at radius 2 is 2.15 bits per heavy atom. The van der Waals surface area contributed by atoms with Crippen LogP contribution < -0.4 is 0 Å². The summed E-state index contributed by atoms with van der Waals surface area (Å²) in [6, 6.07) is 0. The van der Waals surface area contributed by atoms with Crippen molar-refractivity contribution < 1.29 is 23.8 Å². The molecule has 0 amide bonds. The molecule has 2 heterocycles. The minimum absolute atomic E-state index is 0.0373. The number of esters is 2. The van der Waals surface area contributed by atoms with E-state index >= 15 is 0 Å². The van der Waals surface area contributed by atoms with Crippen molar-refractivity contribution in [2.45, 2.75) is 44.8 Å². The van der Waals surface area contributed by atoms with Crippen molar-refractivity contribution in [2.75, 3.05) is 6.79 Å². The first-order valence-corrected chi connectivity index (χ1v) is 7.19. The lowest BCUT2D eigenvalue weighted by atomic mass is 9.67. The lowest BCUT2D eigenvalue weighted by Crippen LogP contribution is -2.44. The molecule has 0 aromatic carbocycles. The molecule has 0 spiro atoms. The summed E-state index contributed by atoms with van der Waals surface area (Å²) in [4.78, 5) is 23.2. The van der Waals surface area contributed by atoms with Gasteiger partial charge in [0.1, 0.15) is 12.2 Å². The van der Waals surface area contributed by atoms with Crippen molar-refractivity contribution in [1.82, 2.24) is 0 Å². The number of hydrogen-bond donors (Lipinski definition) is 0. The van der Waals surface area contributed by atoms with Crippen molar-refractivity contribution in [1.29, 1.82) is 0 Å². The van der Waals surface area contributed by atoms with E-state index in [0.29, 0.717) is 17.4 Å². The molecule has 4 fully saturated rings. The third-order valence-electron chi connectivity index (χ3n) is 4.64. The van der Waals surface area contributed by atoms with Crippen LogP contribution in [0.5, 0.6) is 0 Å². The van der Waals surface area contributed by atoms with Gasteiger partial charge in [-0.25, -0.2) is 4.79 Å². The topological polar surface area (TPSA) is 61.8 Å². The highest BCUT2D eigenvalue weighted by molar-refractivity contribution is 5.86. The first-order chi connectivity index (χ1) is 9.54. The zero-order valence-corrected chi connectivity index (χ0v) is 11.7. The Bertz CT molecular complexity index is 444. The van der Waals surface area contributed by atoms with Crippen molar-refractivity contribution in [3.8, 4) is 0 Å². The van der Waals surface area contributed by atoms with Gasteiger partial charge < -0.3 is 14.2 Å². The normalized spacial score (nSPS) is 38.2. The van der Waals surface area contributed by atoms with Crippen LogP contribution in [0.1, 0.15) is 32.6 Å². The number of hydrogen-bond acceptors (Lipinski definition) is 5. The Hall–Kier alpha value is -1.36. The average Bonchev–Trinajstić information content (AvgIpc) is 2.55. The summed E-state index contributed by atoms with van der Waals surface area (Å²) < 4.78 is 16.2. The van der Waals surface area contributed by atoms with Gasteiger partial charge in [0.05, 0.1) is 5.92 Å². The molecule has 5 unspecified atom stereocenters. The molecule has 5 nitrogen and oxygen atoms in total. The van der Waals surface area contributed by atoms with Gasteiger partial charge in [-0.05, 0) is 44.4 Å². The summed E-state index contributed by atoms with van der Waals surface area (Å²) >= 11 is 0. The Kier molecular flexibility index (Phi) is 3.54. The van der Waals surface area contributed by atoms with Crippen LogP contribution in [0.25, 0.3) is 0 Å². The zero-order valence-electron chi connectivity index (χ0n) is 11.7. The summed E-state index contributed by atoms with van der Waals surface area (Å²) in [7, 11) is 0. The zero-order chi connectivity index (χ0) is 14.3. The molecule has 0 N–H and O–H groups in total. The van der Waals surface area contributed by atoms with Gasteiger partial charge in [0.25, 0.3) is 0 Å². The molecule has 0 aromatic rings. The van der Waals surface area contributed by atoms with E-state index in [1.54, 1.807) is 6.92 Å². The molecular formula is C15H20O5. The van der Waals surface area contributed by atoms with Crippen molar-refractivity contribution in [3.63, 3.8) is 0 Å². The Balaban J connectivity index is 1.61. The molecular weight excluding hydrogens is 260 g/mol. The summed E-state index contributed by atoms with van der Waals surface area (Å²) in [5, 5.41) is 0. The minimum Gasteiger partial charge on any atom is -0.459 e. The maximum Gasteiger partial charge on any atom is 0.335 e. The monoisotopic (exact) mass is 280 g/mol. The lowest BCUT2D eigenvalue weighted by molar-refractivity contribution is -0.182. The fraction of sp³-hybridized carbons (Fsp3) is 0.733. The summed E-state index contributed by atoms with van der Waals surface area (Å²) in [5.41, 5.74) is 0.349. The molecule has 5 atom stereocenters. The van der Waals surface area contributed by atoms with E-state index in [0.717, 1.165) is 25.7 Å². The molecule has 2 saturated heterocycles. The smallest absolute Gasteiger partial charge is 0.335 e. The number of rotatable bonds is 4. The molecule has 4 rings (SSSR count). The van der Waals surface area contributed by atoms with E-state index in [1.807, 2.05) is 0 Å². The summed E-state index contributed by atoms with van der Waals surface area (Å²) in [6.45, 7) is 5.01. The molecule has 2 aliphatic heterocycles. The van der Waals surface area contributed by atoms with Crippen molar-refractivity contribution >= 4 is 11.9 Å². The number of ether oxygens (including phenoxy) is 3. The first-order valence-electron chi connectivity index (χ1n) is 7.19. The number of fused-ring (bicyclic) bond motifs is 1. The first kappa shape index (κ1) is 13.6. The van der Waals surface area contributed by atoms with Gasteiger partial charge in [0, 0.05) is 5.57 Å². The highest BCUT2D eigenvalue weighted by Crippen LogP contribution is 2.48. The molecule has 5 heteroatoms. The second-order valence-corrected chi connectivity index (χ2v) is 6.20. The molecule has 20 heavy (non-hydrogen) atoms. The Labute approximate surface area is 118 Å². The van der Waals surface area contributed by atoms with E-state index in [4.69, 9.17) is 14.2 Å². The lowest BCUT2D eigenvalue weighted by Gasteiger charge is -2.41. The largest absolute Gasteiger partial charge is 0.459 e. The fourth-order valence-electron chi connectivity index (χ4n) is 3.80. The van der Waals surface area contributed by atoms with Crippen LogP contribution in [0.4, 0.5) is 0 Å². The summed E-state index contributed by atoms with van der Waals surface area (Å²) in [6.07, 6.45) is 3.44.